The summed E-state index contributed by atoms with van der Waals surface area (Å²) in [6.45, 7) is 7.62. The molecule has 1 rings (SSSR count). The van der Waals surface area contributed by atoms with Gasteiger partial charge in [-0.05, 0) is 31.7 Å². The van der Waals surface area contributed by atoms with E-state index in [1.807, 2.05) is 0 Å². The molecule has 94 valence electrons. The average Bonchev–Trinajstić information content (AvgIpc) is 2.76. The monoisotopic (exact) mass is 224 g/mol. The van der Waals surface area contributed by atoms with Crippen molar-refractivity contribution in [1.29, 1.82) is 0 Å². The second-order valence-corrected chi connectivity index (χ2v) is 5.32. The Morgan fingerprint density at radius 1 is 1.25 bits per heavy atom. The summed E-state index contributed by atoms with van der Waals surface area (Å²) in [4.78, 5) is 2.65. The Balaban J connectivity index is 2.36. The first kappa shape index (κ1) is 13.7. The molecule has 0 aromatic heterocycles. The first-order chi connectivity index (χ1) is 7.74. The standard InChI is InChI=1S/C14H28N2/c1-13(2)9-12-16(11-6-5-10-15)14-7-3-4-8-14/h5-6,13-14H,3-4,7-12,15H2,1-2H3. The van der Waals surface area contributed by atoms with E-state index in [4.69, 9.17) is 5.73 Å². The maximum absolute atomic E-state index is 5.49. The van der Waals surface area contributed by atoms with E-state index in [1.165, 1.54) is 38.6 Å². The van der Waals surface area contributed by atoms with Crippen molar-refractivity contribution in [2.24, 2.45) is 11.7 Å². The summed E-state index contributed by atoms with van der Waals surface area (Å²) in [5.41, 5.74) is 5.49. The first-order valence-electron chi connectivity index (χ1n) is 6.83. The molecule has 1 saturated carbocycles. The van der Waals surface area contributed by atoms with Crippen molar-refractivity contribution in [3.05, 3.63) is 12.2 Å². The molecule has 1 fully saturated rings. The lowest BCUT2D eigenvalue weighted by Gasteiger charge is -2.28. The van der Waals surface area contributed by atoms with Gasteiger partial charge in [0.05, 0.1) is 0 Å². The minimum atomic E-state index is 0.669. The van der Waals surface area contributed by atoms with E-state index in [0.717, 1.165) is 18.5 Å². The second kappa shape index (κ2) is 7.86. The highest BCUT2D eigenvalue weighted by atomic mass is 15.1. The number of hydrogen-bond acceptors (Lipinski definition) is 2. The first-order valence-corrected chi connectivity index (χ1v) is 6.83. The Bertz CT molecular complexity index is 193. The molecule has 0 radical (unpaired) electrons. The van der Waals surface area contributed by atoms with Gasteiger partial charge in [-0.15, -0.1) is 0 Å². The van der Waals surface area contributed by atoms with Crippen LogP contribution in [0.25, 0.3) is 0 Å². The van der Waals surface area contributed by atoms with E-state index < -0.39 is 0 Å². The van der Waals surface area contributed by atoms with Gasteiger partial charge in [0.1, 0.15) is 0 Å². The molecule has 0 amide bonds. The third-order valence-corrected chi connectivity index (χ3v) is 3.48. The molecule has 2 nitrogen and oxygen atoms in total. The Morgan fingerprint density at radius 3 is 2.50 bits per heavy atom. The fourth-order valence-electron chi connectivity index (χ4n) is 2.42. The number of hydrogen-bond donors (Lipinski definition) is 1. The van der Waals surface area contributed by atoms with Gasteiger partial charge in [-0.25, -0.2) is 0 Å². The van der Waals surface area contributed by atoms with Crippen molar-refractivity contribution in [2.45, 2.75) is 52.0 Å². The van der Waals surface area contributed by atoms with Crippen LogP contribution in [-0.2, 0) is 0 Å². The topological polar surface area (TPSA) is 29.3 Å². The van der Waals surface area contributed by atoms with E-state index >= 15 is 0 Å². The van der Waals surface area contributed by atoms with Crippen LogP contribution < -0.4 is 5.73 Å². The molecule has 0 aromatic rings. The zero-order chi connectivity index (χ0) is 11.8. The van der Waals surface area contributed by atoms with E-state index in [0.29, 0.717) is 6.54 Å². The molecule has 16 heavy (non-hydrogen) atoms. The molecular weight excluding hydrogens is 196 g/mol. The fraction of sp³-hybridized carbons (Fsp3) is 0.857. The highest BCUT2D eigenvalue weighted by Crippen LogP contribution is 2.24. The lowest BCUT2D eigenvalue weighted by atomic mass is 10.1. The minimum absolute atomic E-state index is 0.669. The van der Waals surface area contributed by atoms with E-state index in [2.05, 4.69) is 30.9 Å². The predicted molar refractivity (Wildman–Crippen MR) is 71.5 cm³/mol. The predicted octanol–water partition coefficient (Wildman–Crippen LogP) is 2.79. The highest BCUT2D eigenvalue weighted by molar-refractivity contribution is 4.89. The minimum Gasteiger partial charge on any atom is -0.327 e. The largest absolute Gasteiger partial charge is 0.327 e. The Labute approximate surface area is 101 Å². The molecule has 1 aliphatic carbocycles. The van der Waals surface area contributed by atoms with Gasteiger partial charge in [0.15, 0.2) is 0 Å². The summed E-state index contributed by atoms with van der Waals surface area (Å²) < 4.78 is 0. The normalized spacial score (nSPS) is 18.3. The van der Waals surface area contributed by atoms with Crippen molar-refractivity contribution in [3.8, 4) is 0 Å². The molecule has 0 saturated heterocycles. The average molecular weight is 224 g/mol. The Hall–Kier alpha value is -0.340. The summed E-state index contributed by atoms with van der Waals surface area (Å²) in [6, 6.07) is 0.834. The van der Waals surface area contributed by atoms with Crippen LogP contribution in [0.15, 0.2) is 12.2 Å². The van der Waals surface area contributed by atoms with Crippen LogP contribution in [0.3, 0.4) is 0 Å². The van der Waals surface area contributed by atoms with Crippen molar-refractivity contribution in [3.63, 3.8) is 0 Å². The van der Waals surface area contributed by atoms with E-state index in [9.17, 15) is 0 Å². The van der Waals surface area contributed by atoms with Gasteiger partial charge in [-0.3, -0.25) is 4.90 Å². The summed E-state index contributed by atoms with van der Waals surface area (Å²) in [6.07, 6.45) is 11.3. The molecule has 2 heteroatoms. The maximum Gasteiger partial charge on any atom is 0.0166 e. The van der Waals surface area contributed by atoms with Gasteiger partial charge in [0.2, 0.25) is 0 Å². The number of rotatable bonds is 7. The zero-order valence-corrected chi connectivity index (χ0v) is 11.0. The van der Waals surface area contributed by atoms with E-state index in [-0.39, 0.29) is 0 Å². The fourth-order valence-corrected chi connectivity index (χ4v) is 2.42. The molecule has 0 aromatic carbocycles. The third-order valence-electron chi connectivity index (χ3n) is 3.48. The summed E-state index contributed by atoms with van der Waals surface area (Å²) in [7, 11) is 0. The molecule has 0 unspecified atom stereocenters. The number of nitrogens with zero attached hydrogens (tertiary/aromatic N) is 1. The molecule has 0 aliphatic heterocycles. The summed E-state index contributed by atoms with van der Waals surface area (Å²) in [5.74, 6) is 0.808. The molecule has 0 atom stereocenters. The lowest BCUT2D eigenvalue weighted by molar-refractivity contribution is 0.208. The van der Waals surface area contributed by atoms with Crippen LogP contribution in [0, 0.1) is 5.92 Å². The third kappa shape index (κ3) is 5.13. The Morgan fingerprint density at radius 2 is 1.94 bits per heavy atom. The van der Waals surface area contributed by atoms with Gasteiger partial charge >= 0.3 is 0 Å². The molecule has 0 spiro atoms. The smallest absolute Gasteiger partial charge is 0.0166 e. The number of nitrogens with two attached hydrogens (primary N) is 1. The molecule has 2 N–H and O–H groups in total. The molecular formula is C14H28N2. The highest BCUT2D eigenvalue weighted by Gasteiger charge is 2.21. The van der Waals surface area contributed by atoms with Crippen LogP contribution in [0.2, 0.25) is 0 Å². The van der Waals surface area contributed by atoms with Crippen LogP contribution >= 0.6 is 0 Å². The molecule has 1 aliphatic rings. The van der Waals surface area contributed by atoms with Crippen LogP contribution in [-0.4, -0.2) is 30.6 Å². The van der Waals surface area contributed by atoms with Gasteiger partial charge in [0, 0.05) is 19.1 Å². The zero-order valence-electron chi connectivity index (χ0n) is 11.0. The van der Waals surface area contributed by atoms with E-state index in [1.54, 1.807) is 0 Å². The van der Waals surface area contributed by atoms with Gasteiger partial charge < -0.3 is 5.73 Å². The summed E-state index contributed by atoms with van der Waals surface area (Å²) >= 11 is 0. The SMILES string of the molecule is CC(C)CCN(CC=CCN)C1CCCC1. The maximum atomic E-state index is 5.49. The van der Waals surface area contributed by atoms with Crippen molar-refractivity contribution in [1.82, 2.24) is 4.90 Å². The molecule has 0 heterocycles. The van der Waals surface area contributed by atoms with Gasteiger partial charge in [0.25, 0.3) is 0 Å². The second-order valence-electron chi connectivity index (χ2n) is 5.32. The quantitative estimate of drug-likeness (QED) is 0.674. The Kier molecular flexibility index (Phi) is 6.74. The van der Waals surface area contributed by atoms with Crippen molar-refractivity contribution >= 4 is 0 Å². The lowest BCUT2D eigenvalue weighted by Crippen LogP contribution is -2.34. The van der Waals surface area contributed by atoms with Gasteiger partial charge in [-0.1, -0.05) is 38.8 Å². The van der Waals surface area contributed by atoms with Gasteiger partial charge in [-0.2, -0.15) is 0 Å². The van der Waals surface area contributed by atoms with Crippen LogP contribution in [0.4, 0.5) is 0 Å². The van der Waals surface area contributed by atoms with Crippen LogP contribution in [0.5, 0.6) is 0 Å². The van der Waals surface area contributed by atoms with Crippen molar-refractivity contribution < 1.29 is 0 Å². The molecule has 0 bridgehead atoms. The summed E-state index contributed by atoms with van der Waals surface area (Å²) in [5, 5.41) is 0. The van der Waals surface area contributed by atoms with Crippen LogP contribution in [0.1, 0.15) is 46.0 Å². The van der Waals surface area contributed by atoms with Crippen molar-refractivity contribution in [2.75, 3.05) is 19.6 Å².